The Bertz CT molecular complexity index is 1070. The van der Waals surface area contributed by atoms with Crippen LogP contribution in [0.1, 0.15) is 11.1 Å². The minimum atomic E-state index is 0.691. The summed E-state index contributed by atoms with van der Waals surface area (Å²) < 4.78 is 2.15. The van der Waals surface area contributed by atoms with Crippen molar-refractivity contribution in [2.24, 2.45) is 0 Å². The average Bonchev–Trinajstić information content (AvgIpc) is 3.08. The van der Waals surface area contributed by atoms with E-state index in [1.54, 1.807) is 0 Å². The van der Waals surface area contributed by atoms with E-state index in [1.807, 2.05) is 54.7 Å². The molecule has 0 N–H and O–H groups in total. The maximum Gasteiger partial charge on any atom is 0.145 e. The standard InChI is InChI=1S/C23H18Cl2N2/c1-15-5-3-7-18(11-15)23-26-14-22(17-6-4-8-19(24)12-17)27(23)21-13-20(25)10-9-16(21)2/h3-14H,1-2H3. The molecule has 134 valence electrons. The lowest BCUT2D eigenvalue weighted by molar-refractivity contribution is 1.06. The van der Waals surface area contributed by atoms with Crippen molar-refractivity contribution < 1.29 is 0 Å². The summed E-state index contributed by atoms with van der Waals surface area (Å²) in [5.41, 5.74) is 6.35. The molecule has 0 saturated heterocycles. The predicted octanol–water partition coefficient (Wildman–Crippen LogP) is 7.13. The van der Waals surface area contributed by atoms with Crippen LogP contribution in [-0.2, 0) is 0 Å². The van der Waals surface area contributed by atoms with Gasteiger partial charge in [0.25, 0.3) is 0 Å². The lowest BCUT2D eigenvalue weighted by Gasteiger charge is -2.16. The molecular formula is C23H18Cl2N2. The van der Waals surface area contributed by atoms with Crippen LogP contribution < -0.4 is 0 Å². The second-order valence-corrected chi connectivity index (χ2v) is 7.49. The molecule has 0 aliphatic heterocycles. The number of halogens is 2. The topological polar surface area (TPSA) is 17.8 Å². The lowest BCUT2D eigenvalue weighted by Crippen LogP contribution is -2.02. The van der Waals surface area contributed by atoms with E-state index < -0.39 is 0 Å². The zero-order chi connectivity index (χ0) is 19.0. The van der Waals surface area contributed by atoms with E-state index in [1.165, 1.54) is 5.56 Å². The molecule has 0 aliphatic carbocycles. The van der Waals surface area contributed by atoms with Gasteiger partial charge in [-0.15, -0.1) is 0 Å². The Balaban J connectivity index is 2.03. The van der Waals surface area contributed by atoms with Gasteiger partial charge in [-0.05, 0) is 49.7 Å². The van der Waals surface area contributed by atoms with Crippen molar-refractivity contribution in [3.8, 4) is 28.3 Å². The molecule has 0 unspecified atom stereocenters. The highest BCUT2D eigenvalue weighted by Gasteiger charge is 2.17. The van der Waals surface area contributed by atoms with Crippen molar-refractivity contribution in [3.63, 3.8) is 0 Å². The Hall–Kier alpha value is -2.55. The van der Waals surface area contributed by atoms with E-state index in [-0.39, 0.29) is 0 Å². The van der Waals surface area contributed by atoms with Crippen LogP contribution >= 0.6 is 23.2 Å². The zero-order valence-electron chi connectivity index (χ0n) is 15.1. The molecule has 0 spiro atoms. The fourth-order valence-electron chi connectivity index (χ4n) is 3.26. The molecule has 27 heavy (non-hydrogen) atoms. The highest BCUT2D eigenvalue weighted by Crippen LogP contribution is 2.33. The first-order chi connectivity index (χ1) is 13.0. The summed E-state index contributed by atoms with van der Waals surface area (Å²) in [7, 11) is 0. The average molecular weight is 393 g/mol. The van der Waals surface area contributed by atoms with E-state index in [2.05, 4.69) is 36.6 Å². The molecule has 4 heteroatoms. The van der Waals surface area contributed by atoms with Gasteiger partial charge in [-0.1, -0.05) is 65.2 Å². The summed E-state index contributed by atoms with van der Waals surface area (Å²) in [5, 5.41) is 1.39. The maximum absolute atomic E-state index is 6.33. The predicted molar refractivity (Wildman–Crippen MR) is 114 cm³/mol. The summed E-state index contributed by atoms with van der Waals surface area (Å²) in [6.07, 6.45) is 1.89. The van der Waals surface area contributed by atoms with Gasteiger partial charge in [-0.3, -0.25) is 4.57 Å². The zero-order valence-corrected chi connectivity index (χ0v) is 16.6. The van der Waals surface area contributed by atoms with Crippen molar-refractivity contribution in [2.45, 2.75) is 13.8 Å². The summed E-state index contributed by atoms with van der Waals surface area (Å²) in [4.78, 5) is 4.76. The summed E-state index contributed by atoms with van der Waals surface area (Å²) in [6.45, 7) is 4.16. The van der Waals surface area contributed by atoms with Crippen molar-refractivity contribution in [1.82, 2.24) is 9.55 Å². The third kappa shape index (κ3) is 3.51. The Kier molecular flexibility index (Phi) is 4.77. The van der Waals surface area contributed by atoms with E-state index in [9.17, 15) is 0 Å². The second kappa shape index (κ2) is 7.22. The Morgan fingerprint density at radius 3 is 2.30 bits per heavy atom. The molecule has 0 bridgehead atoms. The van der Waals surface area contributed by atoms with Crippen LogP contribution in [0.15, 0.2) is 72.9 Å². The fourth-order valence-corrected chi connectivity index (χ4v) is 3.62. The van der Waals surface area contributed by atoms with Crippen LogP contribution in [0.3, 0.4) is 0 Å². The van der Waals surface area contributed by atoms with Gasteiger partial charge in [0, 0.05) is 21.2 Å². The smallest absolute Gasteiger partial charge is 0.145 e. The van der Waals surface area contributed by atoms with Crippen molar-refractivity contribution in [2.75, 3.05) is 0 Å². The van der Waals surface area contributed by atoms with Gasteiger partial charge in [0.2, 0.25) is 0 Å². The quantitative estimate of drug-likeness (QED) is 0.362. The molecule has 0 radical (unpaired) electrons. The minimum absolute atomic E-state index is 0.691. The summed E-state index contributed by atoms with van der Waals surface area (Å²) in [6, 6.07) is 22.1. The first-order valence-electron chi connectivity index (χ1n) is 8.70. The number of aromatic nitrogens is 2. The molecule has 4 aromatic rings. The summed E-state index contributed by atoms with van der Waals surface area (Å²) in [5.74, 6) is 0.874. The van der Waals surface area contributed by atoms with Crippen LogP contribution in [0.5, 0.6) is 0 Å². The van der Waals surface area contributed by atoms with Gasteiger partial charge in [0.1, 0.15) is 5.82 Å². The highest BCUT2D eigenvalue weighted by molar-refractivity contribution is 6.31. The molecular weight excluding hydrogens is 375 g/mol. The van der Waals surface area contributed by atoms with Crippen LogP contribution in [0, 0.1) is 13.8 Å². The van der Waals surface area contributed by atoms with Crippen molar-refractivity contribution in [3.05, 3.63) is 94.1 Å². The largest absolute Gasteiger partial charge is 0.292 e. The Morgan fingerprint density at radius 1 is 0.778 bits per heavy atom. The first kappa shape index (κ1) is 17.8. The van der Waals surface area contributed by atoms with Crippen LogP contribution in [0.4, 0.5) is 0 Å². The third-order valence-electron chi connectivity index (χ3n) is 4.57. The monoisotopic (exact) mass is 392 g/mol. The van der Waals surface area contributed by atoms with E-state index in [0.717, 1.165) is 33.9 Å². The first-order valence-corrected chi connectivity index (χ1v) is 9.46. The fraction of sp³-hybridized carbons (Fsp3) is 0.0870. The van der Waals surface area contributed by atoms with E-state index in [4.69, 9.17) is 28.2 Å². The van der Waals surface area contributed by atoms with E-state index >= 15 is 0 Å². The van der Waals surface area contributed by atoms with Gasteiger partial charge in [-0.25, -0.2) is 4.98 Å². The second-order valence-electron chi connectivity index (χ2n) is 6.61. The van der Waals surface area contributed by atoms with E-state index in [0.29, 0.717) is 10.0 Å². The minimum Gasteiger partial charge on any atom is -0.292 e. The number of rotatable bonds is 3. The molecule has 1 heterocycles. The van der Waals surface area contributed by atoms with Gasteiger partial charge in [-0.2, -0.15) is 0 Å². The number of imidazole rings is 1. The Morgan fingerprint density at radius 2 is 1.52 bits per heavy atom. The van der Waals surface area contributed by atoms with Gasteiger partial charge in [0.05, 0.1) is 17.6 Å². The summed E-state index contributed by atoms with van der Waals surface area (Å²) >= 11 is 12.6. The third-order valence-corrected chi connectivity index (χ3v) is 5.04. The SMILES string of the molecule is Cc1cccc(-c2ncc(-c3cccc(Cl)c3)n2-c2cc(Cl)ccc2C)c1. The molecule has 1 aromatic heterocycles. The molecule has 3 aromatic carbocycles. The molecule has 0 aliphatic rings. The number of benzene rings is 3. The van der Waals surface area contributed by atoms with Gasteiger partial charge < -0.3 is 0 Å². The van der Waals surface area contributed by atoms with Crippen LogP contribution in [0.2, 0.25) is 10.0 Å². The Labute approximate surface area is 169 Å². The van der Waals surface area contributed by atoms with Gasteiger partial charge in [0.15, 0.2) is 0 Å². The number of hydrogen-bond donors (Lipinski definition) is 0. The van der Waals surface area contributed by atoms with Crippen molar-refractivity contribution in [1.29, 1.82) is 0 Å². The number of nitrogens with zero attached hydrogens (tertiary/aromatic N) is 2. The van der Waals surface area contributed by atoms with Crippen LogP contribution in [0.25, 0.3) is 28.3 Å². The van der Waals surface area contributed by atoms with Crippen LogP contribution in [-0.4, -0.2) is 9.55 Å². The molecule has 2 nitrogen and oxygen atoms in total. The molecule has 0 fully saturated rings. The molecule has 0 saturated carbocycles. The van der Waals surface area contributed by atoms with Crippen molar-refractivity contribution >= 4 is 23.2 Å². The number of aryl methyl sites for hydroxylation is 2. The lowest BCUT2D eigenvalue weighted by atomic mass is 10.1. The normalized spacial score (nSPS) is 11.0. The van der Waals surface area contributed by atoms with Gasteiger partial charge >= 0.3 is 0 Å². The number of hydrogen-bond acceptors (Lipinski definition) is 1. The molecule has 0 amide bonds. The molecule has 4 rings (SSSR count). The maximum atomic E-state index is 6.33. The molecule has 0 atom stereocenters. The highest BCUT2D eigenvalue weighted by atomic mass is 35.5.